The Morgan fingerprint density at radius 3 is 1.85 bits per heavy atom. The average Bonchev–Trinajstić information content (AvgIpc) is 2.48. The van der Waals surface area contributed by atoms with Crippen molar-refractivity contribution in [1.82, 2.24) is 4.90 Å². The first-order valence-electron chi connectivity index (χ1n) is 7.93. The van der Waals surface area contributed by atoms with E-state index >= 15 is 0 Å². The quantitative estimate of drug-likeness (QED) is 0.712. The molecule has 3 unspecified atom stereocenters. The van der Waals surface area contributed by atoms with E-state index in [9.17, 15) is 4.79 Å². The molecule has 0 aliphatic rings. The lowest BCUT2D eigenvalue weighted by Gasteiger charge is -2.36. The van der Waals surface area contributed by atoms with Gasteiger partial charge in [0.15, 0.2) is 0 Å². The molecule has 2 nitrogen and oxygen atoms in total. The van der Waals surface area contributed by atoms with E-state index in [0.717, 1.165) is 24.8 Å². The minimum absolute atomic E-state index is 0.0146. The largest absolute Gasteiger partial charge is 0.337 e. The Balaban J connectivity index is 3.03. The minimum Gasteiger partial charge on any atom is -0.337 e. The topological polar surface area (TPSA) is 20.3 Å². The fraction of sp³-hybridized carbons (Fsp3) is 0.611. The molecule has 3 atom stereocenters. The fourth-order valence-electron chi connectivity index (χ4n) is 2.68. The minimum atomic E-state index is -0.0146. The molecule has 2 heteroatoms. The monoisotopic (exact) mass is 275 g/mol. The number of hydrogen-bond donors (Lipinski definition) is 0. The molecular weight excluding hydrogens is 246 g/mol. The van der Waals surface area contributed by atoms with E-state index in [4.69, 9.17) is 0 Å². The van der Waals surface area contributed by atoms with Crippen molar-refractivity contribution in [2.24, 2.45) is 0 Å². The zero-order valence-electron chi connectivity index (χ0n) is 13.6. The zero-order valence-corrected chi connectivity index (χ0v) is 13.6. The van der Waals surface area contributed by atoms with Crippen molar-refractivity contribution < 1.29 is 4.79 Å². The summed E-state index contributed by atoms with van der Waals surface area (Å²) in [7, 11) is 0. The maximum Gasteiger partial charge on any atom is 0.230 e. The van der Waals surface area contributed by atoms with Crippen LogP contribution in [0.4, 0.5) is 0 Å². The van der Waals surface area contributed by atoms with Crippen molar-refractivity contribution in [3.8, 4) is 0 Å². The molecule has 0 fully saturated rings. The van der Waals surface area contributed by atoms with Crippen molar-refractivity contribution in [2.45, 2.75) is 71.9 Å². The molecule has 112 valence electrons. The first-order valence-corrected chi connectivity index (χ1v) is 7.93. The molecule has 0 saturated carbocycles. The van der Waals surface area contributed by atoms with E-state index in [2.05, 4.69) is 51.7 Å². The predicted molar refractivity (Wildman–Crippen MR) is 85.8 cm³/mol. The number of benzene rings is 1. The van der Waals surface area contributed by atoms with Gasteiger partial charge in [-0.05, 0) is 38.7 Å². The van der Waals surface area contributed by atoms with Crippen LogP contribution in [-0.4, -0.2) is 22.9 Å². The maximum atomic E-state index is 13.0. The van der Waals surface area contributed by atoms with Gasteiger partial charge in [0.2, 0.25) is 5.91 Å². The molecule has 1 amide bonds. The Bertz CT molecular complexity index is 391. The van der Waals surface area contributed by atoms with Crippen molar-refractivity contribution in [1.29, 1.82) is 0 Å². The van der Waals surface area contributed by atoms with Crippen LogP contribution in [0.25, 0.3) is 0 Å². The molecule has 0 saturated heterocycles. The molecule has 1 aromatic rings. The third-order valence-electron chi connectivity index (χ3n) is 4.29. The van der Waals surface area contributed by atoms with Crippen LogP contribution >= 0.6 is 0 Å². The first kappa shape index (κ1) is 16.7. The van der Waals surface area contributed by atoms with Gasteiger partial charge < -0.3 is 4.90 Å². The van der Waals surface area contributed by atoms with E-state index < -0.39 is 0 Å². The summed E-state index contributed by atoms with van der Waals surface area (Å²) in [5.41, 5.74) is 1.14. The summed E-state index contributed by atoms with van der Waals surface area (Å²) in [6.07, 6.45) is 2.86. The summed E-state index contributed by atoms with van der Waals surface area (Å²) >= 11 is 0. The Kier molecular flexibility index (Phi) is 6.77. The fourth-order valence-corrected chi connectivity index (χ4v) is 2.68. The van der Waals surface area contributed by atoms with Crippen LogP contribution < -0.4 is 0 Å². The Labute approximate surface area is 124 Å². The summed E-state index contributed by atoms with van der Waals surface area (Å²) in [6, 6.07) is 10.8. The van der Waals surface area contributed by atoms with Crippen LogP contribution in [0, 0.1) is 0 Å². The standard InChI is InChI=1S/C18H29NO/c1-6-14(4)19(15(5)7-2)18(20)17(8-3)16-12-10-9-11-13-16/h9-15,17H,6-8H2,1-5H3. The molecule has 0 heterocycles. The highest BCUT2D eigenvalue weighted by Gasteiger charge is 2.29. The van der Waals surface area contributed by atoms with Crippen LogP contribution in [0.3, 0.4) is 0 Å². The number of carbonyl (C=O) groups excluding carboxylic acids is 1. The lowest BCUT2D eigenvalue weighted by atomic mass is 9.93. The molecule has 0 N–H and O–H groups in total. The first-order chi connectivity index (χ1) is 9.56. The molecule has 20 heavy (non-hydrogen) atoms. The van der Waals surface area contributed by atoms with Crippen molar-refractivity contribution in [3.05, 3.63) is 35.9 Å². The van der Waals surface area contributed by atoms with E-state index in [-0.39, 0.29) is 11.8 Å². The van der Waals surface area contributed by atoms with Crippen molar-refractivity contribution in [3.63, 3.8) is 0 Å². The smallest absolute Gasteiger partial charge is 0.230 e. The summed E-state index contributed by atoms with van der Waals surface area (Å²) in [4.78, 5) is 15.1. The van der Waals surface area contributed by atoms with Gasteiger partial charge in [-0.15, -0.1) is 0 Å². The van der Waals surface area contributed by atoms with Gasteiger partial charge in [-0.1, -0.05) is 51.1 Å². The molecule has 0 aliphatic carbocycles. The molecular formula is C18H29NO. The maximum absolute atomic E-state index is 13.0. The van der Waals surface area contributed by atoms with E-state index in [1.807, 2.05) is 18.2 Å². The lowest BCUT2D eigenvalue weighted by Crippen LogP contribution is -2.46. The van der Waals surface area contributed by atoms with Crippen molar-refractivity contribution >= 4 is 5.91 Å². The summed E-state index contributed by atoms with van der Waals surface area (Å²) in [5, 5.41) is 0. The summed E-state index contributed by atoms with van der Waals surface area (Å²) in [6.45, 7) is 10.7. The van der Waals surface area contributed by atoms with Gasteiger partial charge in [0.1, 0.15) is 0 Å². The number of nitrogens with zero attached hydrogens (tertiary/aromatic N) is 1. The van der Waals surface area contributed by atoms with Gasteiger partial charge >= 0.3 is 0 Å². The van der Waals surface area contributed by atoms with Crippen molar-refractivity contribution in [2.75, 3.05) is 0 Å². The SMILES string of the molecule is CCC(C(=O)N(C(C)CC)C(C)CC)c1ccccc1. The van der Waals surface area contributed by atoms with Crippen LogP contribution in [0.1, 0.15) is 65.4 Å². The third kappa shape index (κ3) is 3.84. The molecule has 0 spiro atoms. The van der Waals surface area contributed by atoms with Crippen LogP contribution in [0.5, 0.6) is 0 Å². The van der Waals surface area contributed by atoms with Gasteiger partial charge in [0.05, 0.1) is 5.92 Å². The highest BCUT2D eigenvalue weighted by Crippen LogP contribution is 2.25. The van der Waals surface area contributed by atoms with Gasteiger partial charge in [0, 0.05) is 12.1 Å². The molecule has 0 radical (unpaired) electrons. The Morgan fingerprint density at radius 1 is 0.950 bits per heavy atom. The molecule has 0 aromatic heterocycles. The normalized spacial score (nSPS) is 15.4. The third-order valence-corrected chi connectivity index (χ3v) is 4.29. The second-order valence-corrected chi connectivity index (χ2v) is 5.63. The van der Waals surface area contributed by atoms with Gasteiger partial charge in [-0.2, -0.15) is 0 Å². The van der Waals surface area contributed by atoms with Gasteiger partial charge in [-0.3, -0.25) is 4.79 Å². The van der Waals surface area contributed by atoms with E-state index in [0.29, 0.717) is 12.1 Å². The number of hydrogen-bond acceptors (Lipinski definition) is 1. The Morgan fingerprint density at radius 2 is 1.45 bits per heavy atom. The Hall–Kier alpha value is -1.31. The molecule has 0 aliphatic heterocycles. The van der Waals surface area contributed by atoms with E-state index in [1.165, 1.54) is 0 Å². The summed E-state index contributed by atoms with van der Waals surface area (Å²) in [5.74, 6) is 0.265. The highest BCUT2D eigenvalue weighted by atomic mass is 16.2. The van der Waals surface area contributed by atoms with Crippen LogP contribution in [0.2, 0.25) is 0 Å². The molecule has 0 bridgehead atoms. The molecule has 1 rings (SSSR count). The van der Waals surface area contributed by atoms with Gasteiger partial charge in [-0.25, -0.2) is 0 Å². The lowest BCUT2D eigenvalue weighted by molar-refractivity contribution is -0.137. The van der Waals surface area contributed by atoms with Gasteiger partial charge in [0.25, 0.3) is 0 Å². The zero-order chi connectivity index (χ0) is 15.1. The number of rotatable bonds is 7. The summed E-state index contributed by atoms with van der Waals surface area (Å²) < 4.78 is 0. The number of carbonyl (C=O) groups is 1. The molecule has 1 aromatic carbocycles. The predicted octanol–water partition coefficient (Wildman–Crippen LogP) is 4.61. The van der Waals surface area contributed by atoms with Crippen LogP contribution in [-0.2, 0) is 4.79 Å². The number of amides is 1. The highest BCUT2D eigenvalue weighted by molar-refractivity contribution is 5.84. The average molecular weight is 275 g/mol. The van der Waals surface area contributed by atoms with Crippen LogP contribution in [0.15, 0.2) is 30.3 Å². The second-order valence-electron chi connectivity index (χ2n) is 5.63. The van der Waals surface area contributed by atoms with E-state index in [1.54, 1.807) is 0 Å². The second kappa shape index (κ2) is 8.08.